The van der Waals surface area contributed by atoms with Crippen molar-refractivity contribution < 1.29 is 24.0 Å². The van der Waals surface area contributed by atoms with Gasteiger partial charge in [0.25, 0.3) is 5.88 Å². The largest absolute Gasteiger partial charge is 0.478 e. The molecule has 0 atom stereocenters. The normalized spacial score (nSPS) is 10.1. The number of hydrogen-bond donors (Lipinski definition) is 1. The fourth-order valence-electron chi connectivity index (χ4n) is 1.33. The molecule has 19 heavy (non-hydrogen) atoms. The number of carboxylic acid groups (broad SMARTS) is 1. The maximum atomic E-state index is 10.8. The van der Waals surface area contributed by atoms with Crippen LogP contribution in [0.25, 0.3) is 0 Å². The fraction of sp³-hybridized carbons (Fsp3) is 0.0909. The molecule has 8 nitrogen and oxygen atoms in total. The van der Waals surface area contributed by atoms with Crippen LogP contribution < -0.4 is 4.74 Å². The standard InChI is InChI=1S/C11H8N2O6/c14-11(15)7-4-9(13(16)17)10(12-5-7)19-6-8-2-1-3-18-8/h1-5H,6H2,(H,14,15). The Kier molecular flexibility index (Phi) is 3.42. The molecule has 0 aromatic carbocycles. The molecule has 2 aromatic heterocycles. The first-order valence-corrected chi connectivity index (χ1v) is 5.11. The molecule has 2 heterocycles. The van der Waals surface area contributed by atoms with Crippen molar-refractivity contribution in [1.82, 2.24) is 4.98 Å². The number of furan rings is 1. The molecule has 0 aliphatic heterocycles. The maximum Gasteiger partial charge on any atom is 0.337 e. The van der Waals surface area contributed by atoms with E-state index in [2.05, 4.69) is 4.98 Å². The van der Waals surface area contributed by atoms with Gasteiger partial charge in [0.15, 0.2) is 0 Å². The van der Waals surface area contributed by atoms with Crippen molar-refractivity contribution in [3.05, 3.63) is 52.1 Å². The summed E-state index contributed by atoms with van der Waals surface area (Å²) in [5.41, 5.74) is -0.788. The Labute approximate surface area is 106 Å². The van der Waals surface area contributed by atoms with Crippen molar-refractivity contribution in [3.63, 3.8) is 0 Å². The van der Waals surface area contributed by atoms with E-state index in [-0.39, 0.29) is 18.1 Å². The molecule has 0 fully saturated rings. The monoisotopic (exact) mass is 264 g/mol. The van der Waals surface area contributed by atoms with Crippen LogP contribution in [0.5, 0.6) is 5.88 Å². The second kappa shape index (κ2) is 5.17. The van der Waals surface area contributed by atoms with Crippen LogP contribution in [0.1, 0.15) is 16.1 Å². The minimum Gasteiger partial charge on any atom is -0.478 e. The van der Waals surface area contributed by atoms with Crippen molar-refractivity contribution >= 4 is 11.7 Å². The number of nitro groups is 1. The highest BCUT2D eigenvalue weighted by molar-refractivity contribution is 5.88. The fourth-order valence-corrected chi connectivity index (χ4v) is 1.33. The SMILES string of the molecule is O=C(O)c1cnc(OCc2ccco2)c([N+](=O)[O-])c1. The van der Waals surface area contributed by atoms with Crippen LogP contribution in [0.3, 0.4) is 0 Å². The van der Waals surface area contributed by atoms with Gasteiger partial charge in [0, 0.05) is 12.3 Å². The molecule has 0 amide bonds. The van der Waals surface area contributed by atoms with Crippen LogP contribution in [0.15, 0.2) is 35.1 Å². The number of nitrogens with zero attached hydrogens (tertiary/aromatic N) is 2. The first-order valence-electron chi connectivity index (χ1n) is 5.11. The second-order valence-electron chi connectivity index (χ2n) is 3.48. The van der Waals surface area contributed by atoms with Gasteiger partial charge in [0.2, 0.25) is 0 Å². The minimum absolute atomic E-state index is 0.0345. The minimum atomic E-state index is -1.30. The van der Waals surface area contributed by atoms with Crippen molar-refractivity contribution in [2.24, 2.45) is 0 Å². The molecule has 0 bridgehead atoms. The van der Waals surface area contributed by atoms with E-state index in [1.807, 2.05) is 0 Å². The smallest absolute Gasteiger partial charge is 0.337 e. The van der Waals surface area contributed by atoms with E-state index < -0.39 is 16.6 Å². The zero-order valence-corrected chi connectivity index (χ0v) is 9.48. The van der Waals surface area contributed by atoms with Gasteiger partial charge in [-0.05, 0) is 12.1 Å². The number of aromatic nitrogens is 1. The Balaban J connectivity index is 2.24. The average Bonchev–Trinajstić information content (AvgIpc) is 2.89. The van der Waals surface area contributed by atoms with E-state index in [0.29, 0.717) is 5.76 Å². The van der Waals surface area contributed by atoms with E-state index in [0.717, 1.165) is 12.3 Å². The molecule has 8 heteroatoms. The van der Waals surface area contributed by atoms with Crippen molar-refractivity contribution in [2.45, 2.75) is 6.61 Å². The van der Waals surface area contributed by atoms with E-state index in [1.165, 1.54) is 6.26 Å². The average molecular weight is 264 g/mol. The van der Waals surface area contributed by atoms with Gasteiger partial charge < -0.3 is 14.3 Å². The Morgan fingerprint density at radius 2 is 2.37 bits per heavy atom. The number of ether oxygens (including phenoxy) is 1. The summed E-state index contributed by atoms with van der Waals surface area (Å²) in [6.45, 7) is -0.0345. The third kappa shape index (κ3) is 2.86. The highest BCUT2D eigenvalue weighted by Gasteiger charge is 2.20. The Hall–Kier alpha value is -2.90. The lowest BCUT2D eigenvalue weighted by Crippen LogP contribution is -2.04. The number of hydrogen-bond acceptors (Lipinski definition) is 6. The zero-order valence-electron chi connectivity index (χ0n) is 9.48. The molecule has 0 aliphatic carbocycles. The summed E-state index contributed by atoms with van der Waals surface area (Å²) in [5, 5.41) is 19.6. The molecule has 2 rings (SSSR count). The van der Waals surface area contributed by atoms with Gasteiger partial charge >= 0.3 is 11.7 Å². The summed E-state index contributed by atoms with van der Waals surface area (Å²) < 4.78 is 10.1. The van der Waals surface area contributed by atoms with Gasteiger partial charge in [-0.2, -0.15) is 0 Å². The first-order chi connectivity index (χ1) is 9.08. The molecule has 2 aromatic rings. The molecular formula is C11H8N2O6. The molecule has 0 unspecified atom stereocenters. The summed E-state index contributed by atoms with van der Waals surface area (Å²) in [6.07, 6.45) is 2.43. The molecule has 98 valence electrons. The number of pyridine rings is 1. The lowest BCUT2D eigenvalue weighted by molar-refractivity contribution is -0.386. The van der Waals surface area contributed by atoms with Crippen LogP contribution in [0.4, 0.5) is 5.69 Å². The summed E-state index contributed by atoms with van der Waals surface area (Å²) >= 11 is 0. The topological polar surface area (TPSA) is 116 Å². The van der Waals surface area contributed by atoms with Crippen LogP contribution in [-0.2, 0) is 6.61 Å². The molecule has 0 aliphatic rings. The highest BCUT2D eigenvalue weighted by atomic mass is 16.6. The van der Waals surface area contributed by atoms with E-state index in [4.69, 9.17) is 14.3 Å². The quantitative estimate of drug-likeness (QED) is 0.647. The lowest BCUT2D eigenvalue weighted by atomic mass is 10.2. The van der Waals surface area contributed by atoms with Crippen molar-refractivity contribution in [3.8, 4) is 5.88 Å². The number of carbonyl (C=O) groups is 1. The van der Waals surface area contributed by atoms with Gasteiger partial charge in [-0.3, -0.25) is 10.1 Å². The molecule has 1 N–H and O–H groups in total. The maximum absolute atomic E-state index is 10.8. The number of aromatic carboxylic acids is 1. The van der Waals surface area contributed by atoms with Gasteiger partial charge in [-0.1, -0.05) is 0 Å². The van der Waals surface area contributed by atoms with Crippen LogP contribution in [0, 0.1) is 10.1 Å². The van der Waals surface area contributed by atoms with E-state index in [1.54, 1.807) is 12.1 Å². The molecule has 0 radical (unpaired) electrons. The zero-order chi connectivity index (χ0) is 13.8. The van der Waals surface area contributed by atoms with Crippen molar-refractivity contribution in [1.29, 1.82) is 0 Å². The third-order valence-corrected chi connectivity index (χ3v) is 2.21. The summed E-state index contributed by atoms with van der Waals surface area (Å²) in [6, 6.07) is 4.18. The lowest BCUT2D eigenvalue weighted by Gasteiger charge is -2.04. The Morgan fingerprint density at radius 1 is 1.58 bits per heavy atom. The van der Waals surface area contributed by atoms with E-state index >= 15 is 0 Å². The first kappa shape index (κ1) is 12.6. The van der Waals surface area contributed by atoms with Crippen LogP contribution in [-0.4, -0.2) is 21.0 Å². The summed E-state index contributed by atoms with van der Waals surface area (Å²) in [5.74, 6) is -1.09. The Morgan fingerprint density at radius 3 is 2.95 bits per heavy atom. The van der Waals surface area contributed by atoms with Gasteiger partial charge in [-0.25, -0.2) is 9.78 Å². The molecule has 0 saturated carbocycles. The summed E-state index contributed by atoms with van der Waals surface area (Å²) in [7, 11) is 0. The van der Waals surface area contributed by atoms with Gasteiger partial charge in [0.1, 0.15) is 12.4 Å². The van der Waals surface area contributed by atoms with Gasteiger partial charge in [-0.15, -0.1) is 0 Å². The molecule has 0 spiro atoms. The van der Waals surface area contributed by atoms with Crippen LogP contribution >= 0.6 is 0 Å². The predicted molar refractivity (Wildman–Crippen MR) is 60.9 cm³/mol. The second-order valence-corrected chi connectivity index (χ2v) is 3.48. The molecular weight excluding hydrogens is 256 g/mol. The number of carboxylic acids is 1. The summed E-state index contributed by atoms with van der Waals surface area (Å²) in [4.78, 5) is 24.4. The van der Waals surface area contributed by atoms with Gasteiger partial charge in [0.05, 0.1) is 16.7 Å². The van der Waals surface area contributed by atoms with E-state index in [9.17, 15) is 14.9 Å². The van der Waals surface area contributed by atoms with Crippen LogP contribution in [0.2, 0.25) is 0 Å². The van der Waals surface area contributed by atoms with Crippen molar-refractivity contribution in [2.75, 3.05) is 0 Å². The Bertz CT molecular complexity index is 608. The molecule has 0 saturated heterocycles. The highest BCUT2D eigenvalue weighted by Crippen LogP contribution is 2.25. The predicted octanol–water partition coefficient (Wildman–Crippen LogP) is 1.86. The number of rotatable bonds is 5. The third-order valence-electron chi connectivity index (χ3n) is 2.21.